The van der Waals surface area contributed by atoms with E-state index in [-0.39, 0.29) is 18.0 Å². The molecule has 8 nitrogen and oxygen atoms in total. The van der Waals surface area contributed by atoms with E-state index in [0.29, 0.717) is 25.5 Å². The number of hydrogen-bond donors (Lipinski definition) is 1. The number of hydrogen-bond acceptors (Lipinski definition) is 6. The van der Waals surface area contributed by atoms with E-state index < -0.39 is 11.6 Å². The van der Waals surface area contributed by atoms with Crippen LogP contribution < -0.4 is 10.2 Å². The SMILES string of the molecule is Cc1nn(-c2cc(N3CCOCC3)ncn2)c(C)c1CCC(=O)Nc1ccc(F)c(F)c1. The molecule has 1 fully saturated rings. The van der Waals surface area contributed by atoms with Crippen molar-refractivity contribution in [2.24, 2.45) is 0 Å². The highest BCUT2D eigenvalue weighted by Gasteiger charge is 2.18. The molecule has 1 aromatic carbocycles. The van der Waals surface area contributed by atoms with Crippen LogP contribution in [0.25, 0.3) is 5.82 Å². The third kappa shape index (κ3) is 4.75. The summed E-state index contributed by atoms with van der Waals surface area (Å²) in [4.78, 5) is 23.2. The van der Waals surface area contributed by atoms with E-state index in [1.807, 2.05) is 19.9 Å². The number of anilines is 2. The molecule has 3 aromatic rings. The number of benzene rings is 1. The van der Waals surface area contributed by atoms with Gasteiger partial charge in [0, 0.05) is 43.0 Å². The summed E-state index contributed by atoms with van der Waals surface area (Å²) in [6.45, 7) is 6.68. The first-order chi connectivity index (χ1) is 15.4. The quantitative estimate of drug-likeness (QED) is 0.632. The molecule has 1 amide bonds. The largest absolute Gasteiger partial charge is 0.378 e. The first-order valence-electron chi connectivity index (χ1n) is 10.4. The van der Waals surface area contributed by atoms with Gasteiger partial charge in [-0.2, -0.15) is 5.10 Å². The van der Waals surface area contributed by atoms with E-state index in [2.05, 4.69) is 25.3 Å². The summed E-state index contributed by atoms with van der Waals surface area (Å²) >= 11 is 0. The molecule has 1 N–H and O–H groups in total. The van der Waals surface area contributed by atoms with E-state index >= 15 is 0 Å². The van der Waals surface area contributed by atoms with Crippen molar-refractivity contribution in [3.8, 4) is 5.82 Å². The maximum atomic E-state index is 13.3. The molecule has 0 aliphatic carbocycles. The zero-order valence-electron chi connectivity index (χ0n) is 17.9. The van der Waals surface area contributed by atoms with Gasteiger partial charge >= 0.3 is 0 Å². The second-order valence-corrected chi connectivity index (χ2v) is 7.57. The number of amides is 1. The molecule has 2 aromatic heterocycles. The average Bonchev–Trinajstić information content (AvgIpc) is 3.09. The van der Waals surface area contributed by atoms with Gasteiger partial charge in [-0.05, 0) is 38.0 Å². The van der Waals surface area contributed by atoms with Crippen LogP contribution in [0.3, 0.4) is 0 Å². The van der Waals surface area contributed by atoms with Gasteiger partial charge in [-0.3, -0.25) is 4.79 Å². The molecule has 168 valence electrons. The van der Waals surface area contributed by atoms with Gasteiger partial charge in [-0.25, -0.2) is 23.4 Å². The summed E-state index contributed by atoms with van der Waals surface area (Å²) < 4.78 is 33.5. The molecule has 1 aliphatic heterocycles. The van der Waals surface area contributed by atoms with Crippen LogP contribution in [0.4, 0.5) is 20.3 Å². The molecule has 32 heavy (non-hydrogen) atoms. The highest BCUT2D eigenvalue weighted by molar-refractivity contribution is 5.90. The predicted octanol–water partition coefficient (Wildman–Crippen LogP) is 2.97. The van der Waals surface area contributed by atoms with Crippen molar-refractivity contribution < 1.29 is 18.3 Å². The van der Waals surface area contributed by atoms with Crippen molar-refractivity contribution in [1.29, 1.82) is 0 Å². The minimum Gasteiger partial charge on any atom is -0.378 e. The van der Waals surface area contributed by atoms with Gasteiger partial charge in [0.1, 0.15) is 12.1 Å². The van der Waals surface area contributed by atoms with Gasteiger partial charge in [0.25, 0.3) is 0 Å². The minimum absolute atomic E-state index is 0.176. The smallest absolute Gasteiger partial charge is 0.224 e. The van der Waals surface area contributed by atoms with Crippen molar-refractivity contribution in [2.45, 2.75) is 26.7 Å². The zero-order valence-corrected chi connectivity index (χ0v) is 17.9. The molecule has 3 heterocycles. The van der Waals surface area contributed by atoms with Crippen molar-refractivity contribution in [1.82, 2.24) is 19.7 Å². The summed E-state index contributed by atoms with van der Waals surface area (Å²) in [6.07, 6.45) is 2.15. The lowest BCUT2D eigenvalue weighted by Gasteiger charge is -2.27. The fourth-order valence-corrected chi connectivity index (χ4v) is 3.71. The summed E-state index contributed by atoms with van der Waals surface area (Å²) in [5.41, 5.74) is 2.84. The molecular formula is C22H24F2N6O2. The van der Waals surface area contributed by atoms with Gasteiger partial charge in [0.15, 0.2) is 17.5 Å². The van der Waals surface area contributed by atoms with Gasteiger partial charge in [-0.15, -0.1) is 0 Å². The Morgan fingerprint density at radius 2 is 1.84 bits per heavy atom. The maximum absolute atomic E-state index is 13.3. The Balaban J connectivity index is 1.46. The Hall–Kier alpha value is -3.40. The lowest BCUT2D eigenvalue weighted by atomic mass is 10.1. The van der Waals surface area contributed by atoms with Crippen molar-refractivity contribution in [3.05, 3.63) is 59.2 Å². The third-order valence-electron chi connectivity index (χ3n) is 5.44. The number of carbonyl (C=O) groups excluding carboxylic acids is 1. The van der Waals surface area contributed by atoms with Crippen LogP contribution in [0.2, 0.25) is 0 Å². The molecule has 10 heteroatoms. The Bertz CT molecular complexity index is 1130. The number of ether oxygens (including phenoxy) is 1. The molecule has 0 atom stereocenters. The summed E-state index contributed by atoms with van der Waals surface area (Å²) in [7, 11) is 0. The number of aryl methyl sites for hydroxylation is 1. The zero-order chi connectivity index (χ0) is 22.7. The first-order valence-corrected chi connectivity index (χ1v) is 10.4. The molecule has 0 bridgehead atoms. The van der Waals surface area contributed by atoms with Crippen LogP contribution in [-0.4, -0.2) is 52.0 Å². The molecule has 0 radical (unpaired) electrons. The van der Waals surface area contributed by atoms with Crippen molar-refractivity contribution in [3.63, 3.8) is 0 Å². The fraction of sp³-hybridized carbons (Fsp3) is 0.364. The van der Waals surface area contributed by atoms with E-state index in [4.69, 9.17) is 4.74 Å². The van der Waals surface area contributed by atoms with Crippen molar-refractivity contribution >= 4 is 17.4 Å². The Labute approximate surface area is 184 Å². The number of aromatic nitrogens is 4. The Morgan fingerprint density at radius 1 is 1.09 bits per heavy atom. The topological polar surface area (TPSA) is 85.2 Å². The van der Waals surface area contributed by atoms with Gasteiger partial charge in [0.05, 0.1) is 18.9 Å². The van der Waals surface area contributed by atoms with Crippen LogP contribution in [-0.2, 0) is 16.0 Å². The van der Waals surface area contributed by atoms with Gasteiger partial charge in [-0.1, -0.05) is 0 Å². The minimum atomic E-state index is -1.00. The number of carbonyl (C=O) groups is 1. The van der Waals surface area contributed by atoms with Crippen molar-refractivity contribution in [2.75, 3.05) is 36.5 Å². The molecule has 0 saturated carbocycles. The van der Waals surface area contributed by atoms with E-state index in [0.717, 1.165) is 48.0 Å². The van der Waals surface area contributed by atoms with Crippen LogP contribution in [0.1, 0.15) is 23.4 Å². The summed E-state index contributed by atoms with van der Waals surface area (Å²) in [5, 5.41) is 7.20. The fourth-order valence-electron chi connectivity index (χ4n) is 3.71. The Kier molecular flexibility index (Phi) is 6.40. The second-order valence-electron chi connectivity index (χ2n) is 7.57. The van der Waals surface area contributed by atoms with Crippen LogP contribution >= 0.6 is 0 Å². The molecule has 1 saturated heterocycles. The first kappa shape index (κ1) is 21.8. The standard InChI is InChI=1S/C22H24F2N6O2/c1-14-17(4-6-22(31)27-16-3-5-18(23)19(24)11-16)15(2)30(28-14)21-12-20(25-13-26-21)29-7-9-32-10-8-29/h3,5,11-13H,4,6-10H2,1-2H3,(H,27,31). The molecular weight excluding hydrogens is 418 g/mol. The lowest BCUT2D eigenvalue weighted by Crippen LogP contribution is -2.36. The summed E-state index contributed by atoms with van der Waals surface area (Å²) in [6, 6.07) is 5.16. The number of rotatable bonds is 6. The van der Waals surface area contributed by atoms with Crippen LogP contribution in [0.5, 0.6) is 0 Å². The maximum Gasteiger partial charge on any atom is 0.224 e. The summed E-state index contributed by atoms with van der Waals surface area (Å²) in [5.74, 6) is -0.780. The third-order valence-corrected chi connectivity index (χ3v) is 5.44. The molecule has 1 aliphatic rings. The highest BCUT2D eigenvalue weighted by atomic mass is 19.2. The van der Waals surface area contributed by atoms with Crippen LogP contribution in [0.15, 0.2) is 30.6 Å². The van der Waals surface area contributed by atoms with Gasteiger partial charge in [0.2, 0.25) is 5.91 Å². The van der Waals surface area contributed by atoms with Crippen LogP contribution in [0, 0.1) is 25.5 Å². The number of nitrogens with zero attached hydrogens (tertiary/aromatic N) is 5. The molecule has 0 unspecified atom stereocenters. The second kappa shape index (κ2) is 9.39. The number of nitrogens with one attached hydrogen (secondary N) is 1. The van der Waals surface area contributed by atoms with Gasteiger partial charge < -0.3 is 15.0 Å². The molecule has 4 rings (SSSR count). The van der Waals surface area contributed by atoms with E-state index in [1.54, 1.807) is 4.68 Å². The predicted molar refractivity (Wildman–Crippen MR) is 115 cm³/mol. The number of halogens is 2. The Morgan fingerprint density at radius 3 is 2.59 bits per heavy atom. The van der Waals surface area contributed by atoms with E-state index in [1.165, 1.54) is 12.4 Å². The molecule has 0 spiro atoms. The van der Waals surface area contributed by atoms with E-state index in [9.17, 15) is 13.6 Å². The lowest BCUT2D eigenvalue weighted by molar-refractivity contribution is -0.116. The number of morpholine rings is 1. The monoisotopic (exact) mass is 442 g/mol. The normalized spacial score (nSPS) is 13.9. The highest BCUT2D eigenvalue weighted by Crippen LogP contribution is 2.21. The average molecular weight is 442 g/mol.